The number of ether oxygens (including phenoxy) is 3. The van der Waals surface area contributed by atoms with Gasteiger partial charge in [0.2, 0.25) is 0 Å². The first-order valence-corrected chi connectivity index (χ1v) is 12.5. The number of carbonyl (C=O) groups excluding carboxylic acids is 2. The second-order valence-electron chi connectivity index (χ2n) is 9.52. The number of carbonyl (C=O) groups is 2. The third-order valence-corrected chi connectivity index (χ3v) is 7.27. The van der Waals surface area contributed by atoms with Gasteiger partial charge in [-0.3, -0.25) is 14.5 Å². The lowest BCUT2D eigenvalue weighted by atomic mass is 9.76. The SMILES string of the molecule is COc1ccc([C@@H]2C=C3Nc4ccccc4N(C(=O)C(F)(F)F)[C@@H](c4ccc(OC)c(OC)c4)[C@H]3C(=O)C2)cc1. The third kappa shape index (κ3) is 4.85. The molecule has 40 heavy (non-hydrogen) atoms. The number of halogens is 3. The maximum atomic E-state index is 14.1. The monoisotopic (exact) mass is 552 g/mol. The lowest BCUT2D eigenvalue weighted by molar-refractivity contribution is -0.171. The summed E-state index contributed by atoms with van der Waals surface area (Å²) in [4.78, 5) is 27.7. The number of hydrogen-bond donors (Lipinski definition) is 1. The fraction of sp³-hybridized carbons (Fsp3) is 0.267. The predicted octanol–water partition coefficient (Wildman–Crippen LogP) is 6.03. The maximum Gasteiger partial charge on any atom is 0.471 e. The van der Waals surface area contributed by atoms with Crippen molar-refractivity contribution >= 4 is 23.1 Å². The molecule has 0 aromatic heterocycles. The molecule has 3 aromatic carbocycles. The van der Waals surface area contributed by atoms with Crippen LogP contribution in [0.3, 0.4) is 0 Å². The average molecular weight is 553 g/mol. The van der Waals surface area contributed by atoms with Crippen LogP contribution in [0.4, 0.5) is 24.5 Å². The third-order valence-electron chi connectivity index (χ3n) is 7.27. The second kappa shape index (κ2) is 10.6. The summed E-state index contributed by atoms with van der Waals surface area (Å²) in [5, 5.41) is 3.20. The Morgan fingerprint density at radius 3 is 2.23 bits per heavy atom. The number of hydrogen-bond acceptors (Lipinski definition) is 6. The van der Waals surface area contributed by atoms with Gasteiger partial charge >= 0.3 is 12.1 Å². The average Bonchev–Trinajstić information content (AvgIpc) is 3.10. The van der Waals surface area contributed by atoms with E-state index in [0.29, 0.717) is 27.7 Å². The molecule has 0 radical (unpaired) electrons. The number of alkyl halides is 3. The minimum atomic E-state index is -5.19. The molecule has 0 fully saturated rings. The number of amides is 1. The number of nitrogens with zero attached hydrogens (tertiary/aromatic N) is 1. The molecule has 1 aliphatic heterocycles. The van der Waals surface area contributed by atoms with Crippen molar-refractivity contribution in [2.75, 3.05) is 31.5 Å². The van der Waals surface area contributed by atoms with Gasteiger partial charge in [-0.2, -0.15) is 13.2 Å². The van der Waals surface area contributed by atoms with Gasteiger partial charge in [0.25, 0.3) is 0 Å². The van der Waals surface area contributed by atoms with E-state index in [1.54, 1.807) is 49.6 Å². The molecule has 0 saturated heterocycles. The first-order chi connectivity index (χ1) is 19.2. The molecule has 0 saturated carbocycles. The summed E-state index contributed by atoms with van der Waals surface area (Å²) < 4.78 is 58.3. The highest BCUT2D eigenvalue weighted by Gasteiger charge is 2.51. The van der Waals surface area contributed by atoms with Crippen LogP contribution < -0.4 is 24.4 Å². The largest absolute Gasteiger partial charge is 0.497 e. The zero-order chi connectivity index (χ0) is 28.6. The number of para-hydroxylation sites is 2. The van der Waals surface area contributed by atoms with Gasteiger partial charge in [0.15, 0.2) is 11.5 Å². The fourth-order valence-electron chi connectivity index (χ4n) is 5.42. The van der Waals surface area contributed by atoms with E-state index in [1.807, 2.05) is 18.2 Å². The highest BCUT2D eigenvalue weighted by molar-refractivity contribution is 6.03. The van der Waals surface area contributed by atoms with Gasteiger partial charge in [0, 0.05) is 18.0 Å². The van der Waals surface area contributed by atoms with E-state index in [0.717, 1.165) is 5.56 Å². The van der Waals surface area contributed by atoms with Crippen molar-refractivity contribution in [1.82, 2.24) is 0 Å². The quantitative estimate of drug-likeness (QED) is 0.417. The van der Waals surface area contributed by atoms with Crippen molar-refractivity contribution in [2.24, 2.45) is 5.92 Å². The smallest absolute Gasteiger partial charge is 0.471 e. The van der Waals surface area contributed by atoms with Gasteiger partial charge in [0.05, 0.1) is 44.7 Å². The predicted molar refractivity (Wildman–Crippen MR) is 143 cm³/mol. The van der Waals surface area contributed by atoms with Crippen LogP contribution in [0, 0.1) is 5.92 Å². The Balaban J connectivity index is 1.73. The van der Waals surface area contributed by atoms with Crippen molar-refractivity contribution in [3.63, 3.8) is 0 Å². The van der Waals surface area contributed by atoms with Gasteiger partial charge in [-0.15, -0.1) is 0 Å². The minimum absolute atomic E-state index is 0.00806. The topological polar surface area (TPSA) is 77.1 Å². The van der Waals surface area contributed by atoms with Gasteiger partial charge in [-0.1, -0.05) is 36.4 Å². The molecule has 0 unspecified atom stereocenters. The summed E-state index contributed by atoms with van der Waals surface area (Å²) in [5.74, 6) is -2.54. The van der Waals surface area contributed by atoms with E-state index in [-0.39, 0.29) is 35.2 Å². The number of benzene rings is 3. The van der Waals surface area contributed by atoms with Crippen LogP contribution in [-0.2, 0) is 9.59 Å². The van der Waals surface area contributed by atoms with Crippen LogP contribution in [0.15, 0.2) is 78.5 Å². The summed E-state index contributed by atoms with van der Waals surface area (Å²) in [6.45, 7) is 0. The molecular weight excluding hydrogens is 525 g/mol. The van der Waals surface area contributed by atoms with Gasteiger partial charge in [0.1, 0.15) is 11.5 Å². The molecule has 3 atom stereocenters. The summed E-state index contributed by atoms with van der Waals surface area (Å²) in [7, 11) is 4.40. The van der Waals surface area contributed by atoms with Crippen LogP contribution in [0.1, 0.15) is 29.5 Å². The first kappa shape index (κ1) is 27.1. The van der Waals surface area contributed by atoms with Crippen molar-refractivity contribution in [1.29, 1.82) is 0 Å². The lowest BCUT2D eigenvalue weighted by Crippen LogP contribution is -2.47. The molecule has 7 nitrogen and oxygen atoms in total. The molecule has 3 aromatic rings. The van der Waals surface area contributed by atoms with Crippen molar-refractivity contribution in [2.45, 2.75) is 24.6 Å². The summed E-state index contributed by atoms with van der Waals surface area (Å²) in [6, 6.07) is 16.8. The van der Waals surface area contributed by atoms with Crippen LogP contribution in [0.25, 0.3) is 0 Å². The summed E-state index contributed by atoms with van der Waals surface area (Å²) in [5.41, 5.74) is 1.85. The van der Waals surface area contributed by atoms with Crippen molar-refractivity contribution < 1.29 is 37.0 Å². The van der Waals surface area contributed by atoms with E-state index >= 15 is 0 Å². The number of Topliss-reactive ketones (excluding diaryl/α,β-unsaturated/α-hetero) is 1. The molecule has 0 bridgehead atoms. The standard InChI is InChI=1S/C30H27F3N2O5/c1-38-20-11-8-17(9-12-20)19-14-22-27(24(36)15-19)28(18-10-13-25(39-2)26(16-18)40-3)35(29(37)30(31,32)33)23-7-5-4-6-21(23)34-22/h4-14,16,19,27-28,34H,15H2,1-3H3/t19-,27-,28+/m1/s1. The van der Waals surface area contributed by atoms with E-state index in [9.17, 15) is 22.8 Å². The van der Waals surface area contributed by atoms with Crippen LogP contribution >= 0.6 is 0 Å². The molecule has 1 heterocycles. The Morgan fingerprint density at radius 1 is 0.900 bits per heavy atom. The van der Waals surface area contributed by atoms with Crippen LogP contribution in [0.5, 0.6) is 17.2 Å². The van der Waals surface area contributed by atoms with Crippen LogP contribution in [0.2, 0.25) is 0 Å². The Bertz CT molecular complexity index is 1470. The lowest BCUT2D eigenvalue weighted by Gasteiger charge is -2.38. The molecule has 1 N–H and O–H groups in total. The fourth-order valence-corrected chi connectivity index (χ4v) is 5.42. The van der Waals surface area contributed by atoms with E-state index < -0.39 is 24.0 Å². The number of ketones is 1. The zero-order valence-corrected chi connectivity index (χ0v) is 22.0. The second-order valence-corrected chi connectivity index (χ2v) is 9.52. The molecular formula is C30H27F3N2O5. The minimum Gasteiger partial charge on any atom is -0.497 e. The van der Waals surface area contributed by atoms with Crippen molar-refractivity contribution in [3.05, 3.63) is 89.6 Å². The van der Waals surface area contributed by atoms with Gasteiger partial charge < -0.3 is 19.5 Å². The van der Waals surface area contributed by atoms with E-state index in [1.165, 1.54) is 26.4 Å². The molecule has 5 rings (SSSR count). The molecule has 1 amide bonds. The Labute approximate surface area is 229 Å². The summed E-state index contributed by atoms with van der Waals surface area (Å²) >= 11 is 0. The molecule has 208 valence electrons. The van der Waals surface area contributed by atoms with E-state index in [2.05, 4.69) is 5.32 Å². The van der Waals surface area contributed by atoms with Crippen LogP contribution in [-0.4, -0.2) is 39.2 Å². The normalized spacial score (nSPS) is 20.4. The molecule has 2 aliphatic rings. The number of anilines is 2. The Kier molecular flexibility index (Phi) is 7.18. The maximum absolute atomic E-state index is 14.1. The molecule has 10 heteroatoms. The zero-order valence-electron chi connectivity index (χ0n) is 22.0. The first-order valence-electron chi connectivity index (χ1n) is 12.5. The van der Waals surface area contributed by atoms with E-state index in [4.69, 9.17) is 14.2 Å². The Morgan fingerprint density at radius 2 is 1.57 bits per heavy atom. The number of nitrogens with one attached hydrogen (secondary N) is 1. The Hall–Kier alpha value is -4.47. The van der Waals surface area contributed by atoms with Crippen molar-refractivity contribution in [3.8, 4) is 17.2 Å². The molecule has 0 spiro atoms. The number of rotatable bonds is 5. The highest BCUT2D eigenvalue weighted by Crippen LogP contribution is 2.49. The number of fused-ring (bicyclic) bond motifs is 2. The van der Waals surface area contributed by atoms with Gasteiger partial charge in [-0.25, -0.2) is 0 Å². The number of methoxy groups -OCH3 is 3. The van der Waals surface area contributed by atoms with Gasteiger partial charge in [-0.05, 0) is 47.5 Å². The molecule has 1 aliphatic carbocycles. The highest BCUT2D eigenvalue weighted by atomic mass is 19.4. The number of allylic oxidation sites excluding steroid dienone is 1. The summed E-state index contributed by atoms with van der Waals surface area (Å²) in [6.07, 6.45) is -3.30.